The van der Waals surface area contributed by atoms with Crippen molar-refractivity contribution < 1.29 is 0 Å². The third kappa shape index (κ3) is 4.20. The molecule has 0 spiro atoms. The van der Waals surface area contributed by atoms with Gasteiger partial charge in [-0.2, -0.15) is 0 Å². The Labute approximate surface area is 117 Å². The number of nitrogens with one attached hydrogen (secondary N) is 1. The molecular formula is C16H27N3. The van der Waals surface area contributed by atoms with Crippen molar-refractivity contribution in [3.05, 3.63) is 23.9 Å². The molecule has 1 aromatic rings. The van der Waals surface area contributed by atoms with Crippen molar-refractivity contribution in [2.24, 2.45) is 5.92 Å². The molecule has 2 heterocycles. The van der Waals surface area contributed by atoms with Gasteiger partial charge in [0, 0.05) is 25.3 Å². The molecule has 1 aliphatic rings. The second kappa shape index (κ2) is 6.90. The molecule has 0 aromatic carbocycles. The Morgan fingerprint density at radius 2 is 2.21 bits per heavy atom. The molecule has 0 amide bonds. The van der Waals surface area contributed by atoms with Crippen LogP contribution in [0.5, 0.6) is 0 Å². The van der Waals surface area contributed by atoms with Crippen molar-refractivity contribution in [3.8, 4) is 0 Å². The van der Waals surface area contributed by atoms with E-state index in [0.29, 0.717) is 12.0 Å². The van der Waals surface area contributed by atoms with Crippen LogP contribution in [0, 0.1) is 5.92 Å². The maximum Gasteiger partial charge on any atom is 0.128 e. The van der Waals surface area contributed by atoms with E-state index in [4.69, 9.17) is 0 Å². The SMILES string of the molecule is CC(C)CNCc1ccc(N2CCCCC2C)nc1. The number of pyridine rings is 1. The quantitative estimate of drug-likeness (QED) is 0.882. The molecule has 1 aromatic heterocycles. The molecule has 0 saturated carbocycles. The molecule has 106 valence electrons. The molecule has 0 bridgehead atoms. The summed E-state index contributed by atoms with van der Waals surface area (Å²) < 4.78 is 0. The van der Waals surface area contributed by atoms with Crippen LogP contribution in [-0.2, 0) is 6.54 Å². The van der Waals surface area contributed by atoms with E-state index in [-0.39, 0.29) is 0 Å². The smallest absolute Gasteiger partial charge is 0.128 e. The monoisotopic (exact) mass is 261 g/mol. The summed E-state index contributed by atoms with van der Waals surface area (Å²) in [6, 6.07) is 5.01. The fourth-order valence-corrected chi connectivity index (χ4v) is 2.63. The summed E-state index contributed by atoms with van der Waals surface area (Å²) in [5.41, 5.74) is 1.27. The standard InChI is InChI=1S/C16H27N3/c1-13(2)10-17-11-15-7-8-16(18-12-15)19-9-5-4-6-14(19)3/h7-8,12-14,17H,4-6,9-11H2,1-3H3. The molecule has 1 saturated heterocycles. The van der Waals surface area contributed by atoms with Crippen LogP contribution >= 0.6 is 0 Å². The van der Waals surface area contributed by atoms with Gasteiger partial charge in [0.1, 0.15) is 5.82 Å². The normalized spacial score (nSPS) is 20.0. The maximum atomic E-state index is 4.64. The Hall–Kier alpha value is -1.09. The van der Waals surface area contributed by atoms with E-state index < -0.39 is 0 Å². The Morgan fingerprint density at radius 3 is 2.84 bits per heavy atom. The molecule has 0 radical (unpaired) electrons. The topological polar surface area (TPSA) is 28.2 Å². The molecule has 2 rings (SSSR count). The van der Waals surface area contributed by atoms with E-state index in [0.717, 1.165) is 25.5 Å². The van der Waals surface area contributed by atoms with Gasteiger partial charge in [0.25, 0.3) is 0 Å². The molecular weight excluding hydrogens is 234 g/mol. The van der Waals surface area contributed by atoms with E-state index in [2.05, 4.69) is 48.1 Å². The largest absolute Gasteiger partial charge is 0.354 e. The molecule has 1 N–H and O–H groups in total. The Bertz CT molecular complexity index is 372. The van der Waals surface area contributed by atoms with Gasteiger partial charge in [-0.3, -0.25) is 0 Å². The van der Waals surface area contributed by atoms with Crippen LogP contribution in [0.1, 0.15) is 45.6 Å². The highest BCUT2D eigenvalue weighted by atomic mass is 15.2. The number of hydrogen-bond acceptors (Lipinski definition) is 3. The van der Waals surface area contributed by atoms with Gasteiger partial charge in [0.15, 0.2) is 0 Å². The minimum Gasteiger partial charge on any atom is -0.354 e. The lowest BCUT2D eigenvalue weighted by atomic mass is 10.0. The summed E-state index contributed by atoms with van der Waals surface area (Å²) in [5, 5.41) is 3.46. The van der Waals surface area contributed by atoms with Crippen LogP contribution in [0.25, 0.3) is 0 Å². The van der Waals surface area contributed by atoms with Gasteiger partial charge in [-0.1, -0.05) is 19.9 Å². The molecule has 1 fully saturated rings. The van der Waals surface area contributed by atoms with Crippen LogP contribution in [0.15, 0.2) is 18.3 Å². The molecule has 19 heavy (non-hydrogen) atoms. The van der Waals surface area contributed by atoms with E-state index >= 15 is 0 Å². The van der Waals surface area contributed by atoms with Crippen LogP contribution in [0.3, 0.4) is 0 Å². The van der Waals surface area contributed by atoms with Gasteiger partial charge in [-0.05, 0) is 50.3 Å². The van der Waals surface area contributed by atoms with E-state index in [1.54, 1.807) is 0 Å². The van der Waals surface area contributed by atoms with E-state index in [1.807, 2.05) is 6.20 Å². The van der Waals surface area contributed by atoms with Crippen molar-refractivity contribution in [1.82, 2.24) is 10.3 Å². The van der Waals surface area contributed by atoms with Crippen LogP contribution < -0.4 is 10.2 Å². The van der Waals surface area contributed by atoms with Gasteiger partial charge in [-0.15, -0.1) is 0 Å². The van der Waals surface area contributed by atoms with Gasteiger partial charge in [-0.25, -0.2) is 4.98 Å². The lowest BCUT2D eigenvalue weighted by Crippen LogP contribution is -2.37. The molecule has 3 heteroatoms. The van der Waals surface area contributed by atoms with Crippen LogP contribution in [-0.4, -0.2) is 24.1 Å². The predicted octanol–water partition coefficient (Wildman–Crippen LogP) is 3.21. The highest BCUT2D eigenvalue weighted by molar-refractivity contribution is 5.40. The minimum absolute atomic E-state index is 0.631. The number of rotatable bonds is 5. The zero-order valence-electron chi connectivity index (χ0n) is 12.5. The molecule has 0 aliphatic carbocycles. The predicted molar refractivity (Wildman–Crippen MR) is 81.4 cm³/mol. The number of anilines is 1. The molecule has 1 unspecified atom stereocenters. The summed E-state index contributed by atoms with van der Waals surface area (Å²) in [4.78, 5) is 7.08. The van der Waals surface area contributed by atoms with Crippen molar-refractivity contribution in [1.29, 1.82) is 0 Å². The first-order chi connectivity index (χ1) is 9.16. The fraction of sp³-hybridized carbons (Fsp3) is 0.688. The molecule has 1 atom stereocenters. The number of piperidine rings is 1. The second-order valence-electron chi connectivity index (χ2n) is 6.09. The summed E-state index contributed by atoms with van der Waals surface area (Å²) in [6.07, 6.45) is 5.96. The first-order valence-electron chi connectivity index (χ1n) is 7.59. The summed E-state index contributed by atoms with van der Waals surface area (Å²) in [7, 11) is 0. The lowest BCUT2D eigenvalue weighted by molar-refractivity contribution is 0.481. The van der Waals surface area contributed by atoms with E-state index in [9.17, 15) is 0 Å². The summed E-state index contributed by atoms with van der Waals surface area (Å²) in [6.45, 7) is 9.89. The van der Waals surface area contributed by atoms with Gasteiger partial charge in [0.2, 0.25) is 0 Å². The van der Waals surface area contributed by atoms with Gasteiger partial charge >= 0.3 is 0 Å². The van der Waals surface area contributed by atoms with Crippen LogP contribution in [0.2, 0.25) is 0 Å². The minimum atomic E-state index is 0.631. The Kier molecular flexibility index (Phi) is 5.20. The third-order valence-electron chi connectivity index (χ3n) is 3.79. The highest BCUT2D eigenvalue weighted by Gasteiger charge is 2.19. The van der Waals surface area contributed by atoms with Crippen molar-refractivity contribution >= 4 is 5.82 Å². The Morgan fingerprint density at radius 1 is 1.37 bits per heavy atom. The zero-order chi connectivity index (χ0) is 13.7. The van der Waals surface area contributed by atoms with Crippen molar-refractivity contribution in [2.45, 2.75) is 52.6 Å². The van der Waals surface area contributed by atoms with E-state index in [1.165, 1.54) is 24.8 Å². The van der Waals surface area contributed by atoms with Crippen molar-refractivity contribution in [3.63, 3.8) is 0 Å². The maximum absolute atomic E-state index is 4.64. The molecule has 1 aliphatic heterocycles. The van der Waals surface area contributed by atoms with Crippen LogP contribution in [0.4, 0.5) is 5.82 Å². The first-order valence-corrected chi connectivity index (χ1v) is 7.59. The van der Waals surface area contributed by atoms with Crippen molar-refractivity contribution in [2.75, 3.05) is 18.0 Å². The highest BCUT2D eigenvalue weighted by Crippen LogP contribution is 2.22. The summed E-state index contributed by atoms with van der Waals surface area (Å²) in [5.74, 6) is 1.83. The van der Waals surface area contributed by atoms with Gasteiger partial charge in [0.05, 0.1) is 0 Å². The lowest BCUT2D eigenvalue weighted by Gasteiger charge is -2.34. The average molecular weight is 261 g/mol. The average Bonchev–Trinajstić information content (AvgIpc) is 2.40. The molecule has 3 nitrogen and oxygen atoms in total. The number of aromatic nitrogens is 1. The number of hydrogen-bond donors (Lipinski definition) is 1. The van der Waals surface area contributed by atoms with Gasteiger partial charge < -0.3 is 10.2 Å². The summed E-state index contributed by atoms with van der Waals surface area (Å²) >= 11 is 0. The zero-order valence-corrected chi connectivity index (χ0v) is 12.5. The Balaban J connectivity index is 1.90. The third-order valence-corrected chi connectivity index (χ3v) is 3.79. The number of nitrogens with zero attached hydrogens (tertiary/aromatic N) is 2. The second-order valence-corrected chi connectivity index (χ2v) is 6.09. The fourth-order valence-electron chi connectivity index (χ4n) is 2.63. The first kappa shape index (κ1) is 14.3.